The largest absolute Gasteiger partial charge is 0.465 e. The molecule has 1 N–H and O–H groups in total. The second kappa shape index (κ2) is 9.34. The summed E-state index contributed by atoms with van der Waals surface area (Å²) in [7, 11) is 1.35. The molecule has 1 saturated heterocycles. The van der Waals surface area contributed by atoms with Crippen LogP contribution < -0.4 is 5.32 Å². The van der Waals surface area contributed by atoms with Crippen molar-refractivity contribution in [1.29, 1.82) is 0 Å². The summed E-state index contributed by atoms with van der Waals surface area (Å²) in [5.41, 5.74) is 1.33. The first-order valence-electron chi connectivity index (χ1n) is 8.50. The van der Waals surface area contributed by atoms with Crippen LogP contribution in [0.4, 0.5) is 0 Å². The first-order chi connectivity index (χ1) is 12.0. The molecular weight excluding hydrogens is 320 g/mol. The van der Waals surface area contributed by atoms with Gasteiger partial charge in [0.1, 0.15) is 0 Å². The molecule has 0 spiro atoms. The van der Waals surface area contributed by atoms with Gasteiger partial charge in [-0.15, -0.1) is 0 Å². The summed E-state index contributed by atoms with van der Waals surface area (Å²) in [4.78, 5) is 25.8. The molecule has 6 nitrogen and oxygen atoms in total. The van der Waals surface area contributed by atoms with Gasteiger partial charge in [-0.05, 0) is 37.6 Å². The fourth-order valence-corrected chi connectivity index (χ4v) is 2.71. The van der Waals surface area contributed by atoms with E-state index in [-0.39, 0.29) is 24.0 Å². The molecule has 136 valence electrons. The number of esters is 1. The van der Waals surface area contributed by atoms with Crippen LogP contribution in [0.2, 0.25) is 0 Å². The van der Waals surface area contributed by atoms with Crippen molar-refractivity contribution in [3.63, 3.8) is 0 Å². The maximum Gasteiger partial charge on any atom is 0.337 e. The Kier molecular flexibility index (Phi) is 7.16. The van der Waals surface area contributed by atoms with Crippen molar-refractivity contribution in [3.8, 4) is 0 Å². The highest BCUT2D eigenvalue weighted by atomic mass is 16.5. The molecule has 0 radical (unpaired) electrons. The van der Waals surface area contributed by atoms with Gasteiger partial charge in [0, 0.05) is 31.2 Å². The average molecular weight is 346 g/mol. The number of rotatable bonds is 6. The molecule has 2 atom stereocenters. The van der Waals surface area contributed by atoms with Crippen LogP contribution in [-0.2, 0) is 14.3 Å². The van der Waals surface area contributed by atoms with Gasteiger partial charge in [0.25, 0.3) is 0 Å². The van der Waals surface area contributed by atoms with Crippen molar-refractivity contribution in [2.45, 2.75) is 25.9 Å². The van der Waals surface area contributed by atoms with Crippen molar-refractivity contribution in [2.24, 2.45) is 0 Å². The lowest BCUT2D eigenvalue weighted by atomic mass is 10.1. The number of benzene rings is 1. The topological polar surface area (TPSA) is 67.9 Å². The molecule has 1 aromatic rings. The van der Waals surface area contributed by atoms with Crippen molar-refractivity contribution >= 4 is 18.0 Å². The number of methoxy groups -OCH3 is 1. The summed E-state index contributed by atoms with van der Waals surface area (Å²) in [6.45, 7) is 7.40. The van der Waals surface area contributed by atoms with E-state index in [1.807, 2.05) is 6.92 Å². The number of carbonyl (C=O) groups is 2. The smallest absolute Gasteiger partial charge is 0.337 e. The maximum absolute atomic E-state index is 12.1. The van der Waals surface area contributed by atoms with Crippen LogP contribution >= 0.6 is 0 Å². The molecule has 0 unspecified atom stereocenters. The molecular formula is C19H26N2O4. The second-order valence-electron chi connectivity index (χ2n) is 6.13. The molecule has 0 aliphatic carbocycles. The standard InChI is InChI=1S/C19H26N2O4/c1-14(15(2)21-10-12-25-13-11-21)20-18(22)9-6-16-4-7-17(8-5-16)19(23)24-3/h4-9,14-15H,10-13H2,1-3H3,(H,20,22)/b9-6-/t14-,15-/m1/s1. The fraction of sp³-hybridized carbons (Fsp3) is 0.474. The fourth-order valence-electron chi connectivity index (χ4n) is 2.71. The number of ether oxygens (including phenoxy) is 2. The molecule has 1 aromatic carbocycles. The molecule has 1 fully saturated rings. The van der Waals surface area contributed by atoms with Gasteiger partial charge in [-0.2, -0.15) is 0 Å². The average Bonchev–Trinajstić information content (AvgIpc) is 2.66. The predicted molar refractivity (Wildman–Crippen MR) is 96.3 cm³/mol. The summed E-state index contributed by atoms with van der Waals surface area (Å²) >= 11 is 0. The molecule has 0 bridgehead atoms. The Hall–Kier alpha value is -2.18. The molecule has 25 heavy (non-hydrogen) atoms. The Bertz CT molecular complexity index is 606. The summed E-state index contributed by atoms with van der Waals surface area (Å²) in [5, 5.41) is 3.00. The minimum Gasteiger partial charge on any atom is -0.465 e. The second-order valence-corrected chi connectivity index (χ2v) is 6.13. The molecule has 0 saturated carbocycles. The predicted octanol–water partition coefficient (Wildman–Crippen LogP) is 1.71. The summed E-state index contributed by atoms with van der Waals surface area (Å²) in [6.07, 6.45) is 3.23. The Labute approximate surface area is 148 Å². The zero-order valence-corrected chi connectivity index (χ0v) is 15.0. The molecule has 1 heterocycles. The summed E-state index contributed by atoms with van der Waals surface area (Å²) < 4.78 is 10.0. The Balaban J connectivity index is 1.86. The van der Waals surface area contributed by atoms with Gasteiger partial charge in [-0.25, -0.2) is 4.79 Å². The number of morpholine rings is 1. The van der Waals surface area contributed by atoms with Gasteiger partial charge in [-0.1, -0.05) is 12.1 Å². The SMILES string of the molecule is COC(=O)c1ccc(/C=C\C(=O)N[C@H](C)[C@@H](C)N2CCOCC2)cc1. The van der Waals surface area contributed by atoms with E-state index in [1.165, 1.54) is 13.2 Å². The van der Waals surface area contributed by atoms with Gasteiger partial charge in [0.05, 0.1) is 25.9 Å². The monoisotopic (exact) mass is 346 g/mol. The van der Waals surface area contributed by atoms with Crippen LogP contribution in [-0.4, -0.2) is 62.3 Å². The lowest BCUT2D eigenvalue weighted by Gasteiger charge is -2.35. The number of nitrogens with zero attached hydrogens (tertiary/aromatic N) is 1. The van der Waals surface area contributed by atoms with E-state index >= 15 is 0 Å². The number of hydrogen-bond acceptors (Lipinski definition) is 5. The number of carbonyl (C=O) groups excluding carboxylic acids is 2. The van der Waals surface area contributed by atoms with E-state index in [1.54, 1.807) is 30.3 Å². The van der Waals surface area contributed by atoms with Crippen LogP contribution in [0.15, 0.2) is 30.3 Å². The molecule has 0 aromatic heterocycles. The highest BCUT2D eigenvalue weighted by molar-refractivity contribution is 5.92. The zero-order valence-electron chi connectivity index (χ0n) is 15.0. The van der Waals surface area contributed by atoms with Crippen molar-refractivity contribution in [3.05, 3.63) is 41.5 Å². The van der Waals surface area contributed by atoms with Gasteiger partial charge in [0.2, 0.25) is 5.91 Å². The first-order valence-corrected chi connectivity index (χ1v) is 8.50. The molecule has 1 aliphatic rings. The van der Waals surface area contributed by atoms with Gasteiger partial charge >= 0.3 is 5.97 Å². The van der Waals surface area contributed by atoms with E-state index < -0.39 is 0 Å². The van der Waals surface area contributed by atoms with Crippen LogP contribution in [0.3, 0.4) is 0 Å². The lowest BCUT2D eigenvalue weighted by Crippen LogP contribution is -2.51. The van der Waals surface area contributed by atoms with E-state index in [0.717, 1.165) is 31.9 Å². The van der Waals surface area contributed by atoms with Gasteiger partial charge in [-0.3, -0.25) is 9.69 Å². The van der Waals surface area contributed by atoms with E-state index in [0.29, 0.717) is 5.56 Å². The maximum atomic E-state index is 12.1. The molecule has 2 rings (SSSR count). The number of hydrogen-bond donors (Lipinski definition) is 1. The van der Waals surface area contributed by atoms with Crippen LogP contribution in [0.1, 0.15) is 29.8 Å². The summed E-state index contributed by atoms with van der Waals surface area (Å²) in [5.74, 6) is -0.510. The normalized spacial score (nSPS) is 17.9. The van der Waals surface area contributed by atoms with Crippen LogP contribution in [0.5, 0.6) is 0 Å². The highest BCUT2D eigenvalue weighted by Gasteiger charge is 2.22. The highest BCUT2D eigenvalue weighted by Crippen LogP contribution is 2.09. The lowest BCUT2D eigenvalue weighted by molar-refractivity contribution is -0.117. The third kappa shape index (κ3) is 5.69. The molecule has 1 aliphatic heterocycles. The van der Waals surface area contributed by atoms with Gasteiger partial charge in [0.15, 0.2) is 0 Å². The Morgan fingerprint density at radius 2 is 1.84 bits per heavy atom. The minimum atomic E-state index is -0.376. The molecule has 6 heteroatoms. The van der Waals surface area contributed by atoms with Gasteiger partial charge < -0.3 is 14.8 Å². The van der Waals surface area contributed by atoms with Crippen molar-refractivity contribution in [1.82, 2.24) is 10.2 Å². The Morgan fingerprint density at radius 1 is 1.20 bits per heavy atom. The number of nitrogens with one attached hydrogen (secondary N) is 1. The first kappa shape index (κ1) is 19.1. The third-order valence-corrected chi connectivity index (χ3v) is 4.47. The quantitative estimate of drug-likeness (QED) is 0.627. The van der Waals surface area contributed by atoms with E-state index in [9.17, 15) is 9.59 Å². The zero-order chi connectivity index (χ0) is 18.2. The third-order valence-electron chi connectivity index (χ3n) is 4.47. The minimum absolute atomic E-state index is 0.0388. The van der Waals surface area contributed by atoms with Crippen LogP contribution in [0.25, 0.3) is 6.08 Å². The van der Waals surface area contributed by atoms with Crippen molar-refractivity contribution in [2.75, 3.05) is 33.4 Å². The van der Waals surface area contributed by atoms with Crippen molar-refractivity contribution < 1.29 is 19.1 Å². The molecule has 1 amide bonds. The van der Waals surface area contributed by atoms with Crippen LogP contribution in [0, 0.1) is 0 Å². The Morgan fingerprint density at radius 3 is 2.44 bits per heavy atom. The van der Waals surface area contributed by atoms with E-state index in [2.05, 4.69) is 21.9 Å². The number of amides is 1. The summed E-state index contributed by atoms with van der Waals surface area (Å²) in [6, 6.07) is 7.18. The van der Waals surface area contributed by atoms with E-state index in [4.69, 9.17) is 4.74 Å².